The SMILES string of the molecule is NC(=O)C1=C(O)[C@@H](N2CCC2)[C@@H]2C[C@@H]3Cc4c(F)cc(N)c(O)c4C(=O)C3=C(O)[C@@H]2C1=O. The lowest BCUT2D eigenvalue weighted by molar-refractivity contribution is -0.128. The summed E-state index contributed by atoms with van der Waals surface area (Å²) in [5.74, 6) is -7.51. The molecule has 168 valence electrons. The van der Waals surface area contributed by atoms with Crippen LogP contribution in [0.4, 0.5) is 10.1 Å². The minimum absolute atomic E-state index is 0.00178. The molecule has 0 bridgehead atoms. The first-order chi connectivity index (χ1) is 15.1. The fourth-order valence-corrected chi connectivity index (χ4v) is 5.75. The molecule has 1 saturated heterocycles. The third kappa shape index (κ3) is 2.56. The van der Waals surface area contributed by atoms with Crippen LogP contribution in [-0.2, 0) is 16.0 Å². The molecule has 7 N–H and O–H groups in total. The summed E-state index contributed by atoms with van der Waals surface area (Å²) in [5, 5.41) is 32.2. The lowest BCUT2D eigenvalue weighted by atomic mass is 9.60. The topological polar surface area (TPSA) is 167 Å². The van der Waals surface area contributed by atoms with Gasteiger partial charge in [-0.15, -0.1) is 0 Å². The number of anilines is 1. The van der Waals surface area contributed by atoms with E-state index < -0.39 is 69.9 Å². The second kappa shape index (κ2) is 6.80. The van der Waals surface area contributed by atoms with Crippen LogP contribution in [0.15, 0.2) is 28.7 Å². The molecule has 9 nitrogen and oxygen atoms in total. The number of fused-ring (bicyclic) bond motifs is 3. The van der Waals surface area contributed by atoms with Crippen LogP contribution in [0.1, 0.15) is 28.8 Å². The molecule has 0 spiro atoms. The number of aliphatic hydroxyl groups excluding tert-OH is 2. The van der Waals surface area contributed by atoms with Gasteiger partial charge in [0.1, 0.15) is 28.7 Å². The molecule has 1 aliphatic heterocycles. The number of likely N-dealkylation sites (tertiary alicyclic amines) is 1. The fraction of sp³-hybridized carbons (Fsp3) is 0.409. The van der Waals surface area contributed by atoms with E-state index in [4.69, 9.17) is 11.5 Å². The molecule has 0 radical (unpaired) electrons. The summed E-state index contributed by atoms with van der Waals surface area (Å²) >= 11 is 0. The average molecular weight is 443 g/mol. The third-order valence-corrected chi connectivity index (χ3v) is 7.27. The second-order valence-corrected chi connectivity index (χ2v) is 8.88. The molecule has 3 aliphatic carbocycles. The number of amides is 1. The van der Waals surface area contributed by atoms with E-state index in [1.54, 1.807) is 0 Å². The van der Waals surface area contributed by atoms with Crippen LogP contribution in [0.3, 0.4) is 0 Å². The summed E-state index contributed by atoms with van der Waals surface area (Å²) in [6, 6.07) is 0.223. The largest absolute Gasteiger partial charge is 0.511 e. The Labute approximate surface area is 181 Å². The first-order valence-corrected chi connectivity index (χ1v) is 10.4. The number of allylic oxidation sites excluding steroid dienone is 2. The minimum Gasteiger partial charge on any atom is -0.511 e. The van der Waals surface area contributed by atoms with Gasteiger partial charge in [-0.2, -0.15) is 0 Å². The number of nitrogen functional groups attached to an aromatic ring is 1. The number of hydrogen-bond donors (Lipinski definition) is 5. The predicted molar refractivity (Wildman–Crippen MR) is 109 cm³/mol. The molecule has 5 rings (SSSR count). The van der Waals surface area contributed by atoms with Gasteiger partial charge < -0.3 is 26.8 Å². The number of primary amides is 1. The molecule has 4 aliphatic rings. The monoisotopic (exact) mass is 443 g/mol. The van der Waals surface area contributed by atoms with Crippen molar-refractivity contribution >= 4 is 23.2 Å². The van der Waals surface area contributed by atoms with Crippen LogP contribution < -0.4 is 11.5 Å². The highest BCUT2D eigenvalue weighted by Crippen LogP contribution is 2.51. The molecule has 32 heavy (non-hydrogen) atoms. The van der Waals surface area contributed by atoms with Crippen LogP contribution >= 0.6 is 0 Å². The highest BCUT2D eigenvalue weighted by molar-refractivity contribution is 6.22. The van der Waals surface area contributed by atoms with E-state index in [1.165, 1.54) is 0 Å². The van der Waals surface area contributed by atoms with Gasteiger partial charge in [-0.05, 0) is 31.1 Å². The Morgan fingerprint density at radius 2 is 1.84 bits per heavy atom. The summed E-state index contributed by atoms with van der Waals surface area (Å²) in [6.07, 6.45) is 1.08. The van der Waals surface area contributed by atoms with E-state index in [0.29, 0.717) is 13.1 Å². The Kier molecular flexibility index (Phi) is 4.35. The molecular formula is C22H22FN3O6. The van der Waals surface area contributed by atoms with Gasteiger partial charge in [0.25, 0.3) is 5.91 Å². The standard InChI is InChI=1S/C22H22FN3O6/c23-10-6-11(24)17(27)13-8(10)4-7-5-9-14(19(29)12(7)18(13)28)20(30)15(22(25)32)21(31)16(9)26-2-1-3-26/h6-7,9,14,16,27,29,31H,1-5,24H2,(H2,25,32)/t7-,9+,14+,16-/m0/s1. The normalized spacial score (nSPS) is 29.9. The minimum atomic E-state index is -1.25. The first-order valence-electron chi connectivity index (χ1n) is 10.4. The van der Waals surface area contributed by atoms with Crippen molar-refractivity contribution in [2.24, 2.45) is 23.5 Å². The number of nitrogens with two attached hydrogens (primary N) is 2. The van der Waals surface area contributed by atoms with Gasteiger partial charge in [0.2, 0.25) is 0 Å². The van der Waals surface area contributed by atoms with Gasteiger partial charge in [-0.25, -0.2) is 4.39 Å². The lowest BCUT2D eigenvalue weighted by Crippen LogP contribution is -2.58. The Morgan fingerprint density at radius 1 is 1.16 bits per heavy atom. The van der Waals surface area contributed by atoms with Crippen LogP contribution in [-0.4, -0.2) is 56.8 Å². The molecule has 1 aromatic carbocycles. The van der Waals surface area contributed by atoms with E-state index in [-0.39, 0.29) is 35.2 Å². The van der Waals surface area contributed by atoms with Gasteiger partial charge in [-0.3, -0.25) is 19.3 Å². The lowest BCUT2D eigenvalue weighted by Gasteiger charge is -2.49. The molecule has 1 aromatic rings. The number of carbonyl (C=O) groups excluding carboxylic acids is 3. The third-order valence-electron chi connectivity index (χ3n) is 7.27. The van der Waals surface area contributed by atoms with E-state index >= 15 is 0 Å². The zero-order chi connectivity index (χ0) is 23.1. The van der Waals surface area contributed by atoms with Gasteiger partial charge in [0.15, 0.2) is 11.6 Å². The highest BCUT2D eigenvalue weighted by Gasteiger charge is 2.55. The van der Waals surface area contributed by atoms with Crippen molar-refractivity contribution in [3.63, 3.8) is 0 Å². The van der Waals surface area contributed by atoms with E-state index in [0.717, 1.165) is 12.5 Å². The molecule has 0 saturated carbocycles. The zero-order valence-electron chi connectivity index (χ0n) is 17.0. The Bertz CT molecular complexity index is 1170. The Balaban J connectivity index is 1.68. The van der Waals surface area contributed by atoms with Crippen molar-refractivity contribution in [3.05, 3.63) is 45.7 Å². The second-order valence-electron chi connectivity index (χ2n) is 8.88. The number of aliphatic hydroxyl groups is 2. The summed E-state index contributed by atoms with van der Waals surface area (Å²) in [7, 11) is 0. The fourth-order valence-electron chi connectivity index (χ4n) is 5.75. The molecule has 4 atom stereocenters. The van der Waals surface area contributed by atoms with Gasteiger partial charge in [0.05, 0.1) is 23.2 Å². The average Bonchev–Trinajstić information content (AvgIpc) is 2.67. The smallest absolute Gasteiger partial charge is 0.255 e. The number of aromatic hydroxyl groups is 1. The van der Waals surface area contributed by atoms with E-state index in [9.17, 15) is 34.1 Å². The van der Waals surface area contributed by atoms with Crippen molar-refractivity contribution in [3.8, 4) is 5.75 Å². The van der Waals surface area contributed by atoms with Crippen molar-refractivity contribution in [1.82, 2.24) is 4.90 Å². The summed E-state index contributed by atoms with van der Waals surface area (Å²) in [5.41, 5.74) is 9.67. The summed E-state index contributed by atoms with van der Waals surface area (Å²) in [6.45, 7) is 1.26. The van der Waals surface area contributed by atoms with Crippen LogP contribution in [0.2, 0.25) is 0 Å². The van der Waals surface area contributed by atoms with Crippen LogP contribution in [0, 0.1) is 23.6 Å². The summed E-state index contributed by atoms with van der Waals surface area (Å²) < 4.78 is 14.6. The van der Waals surface area contributed by atoms with Crippen molar-refractivity contribution in [2.75, 3.05) is 18.8 Å². The Morgan fingerprint density at radius 3 is 2.44 bits per heavy atom. The van der Waals surface area contributed by atoms with Gasteiger partial charge >= 0.3 is 0 Å². The number of phenolic OH excluding ortho intramolecular Hbond substituents is 1. The number of nitrogens with zero attached hydrogens (tertiary/aromatic N) is 1. The maximum Gasteiger partial charge on any atom is 0.255 e. The maximum absolute atomic E-state index is 14.6. The molecule has 10 heteroatoms. The Hall–Kier alpha value is -3.40. The summed E-state index contributed by atoms with van der Waals surface area (Å²) in [4.78, 5) is 40.3. The number of Topliss-reactive ketones (excluding diaryl/α,β-unsaturated/α-hetero) is 2. The first kappa shape index (κ1) is 20.5. The van der Waals surface area contributed by atoms with Crippen LogP contribution in [0.25, 0.3) is 0 Å². The number of carbonyl (C=O) groups is 3. The van der Waals surface area contributed by atoms with Crippen LogP contribution in [0.5, 0.6) is 5.75 Å². The number of benzene rings is 1. The quantitative estimate of drug-likeness (QED) is 0.255. The molecule has 0 aromatic heterocycles. The molecular weight excluding hydrogens is 421 g/mol. The number of rotatable bonds is 2. The number of hydrogen-bond acceptors (Lipinski definition) is 8. The van der Waals surface area contributed by atoms with Crippen molar-refractivity contribution in [1.29, 1.82) is 0 Å². The maximum atomic E-state index is 14.6. The molecule has 0 unspecified atom stereocenters. The molecule has 1 amide bonds. The predicted octanol–water partition coefficient (Wildman–Crippen LogP) is 0.871. The van der Waals surface area contributed by atoms with Crippen molar-refractivity contribution in [2.45, 2.75) is 25.3 Å². The van der Waals surface area contributed by atoms with E-state index in [1.807, 2.05) is 4.90 Å². The number of ketones is 2. The zero-order valence-corrected chi connectivity index (χ0v) is 17.0. The van der Waals surface area contributed by atoms with E-state index in [2.05, 4.69) is 0 Å². The molecule has 1 fully saturated rings. The number of phenols is 1. The number of halogens is 1. The van der Waals surface area contributed by atoms with Gasteiger partial charge in [0, 0.05) is 30.3 Å². The van der Waals surface area contributed by atoms with Crippen molar-refractivity contribution < 1.29 is 34.1 Å². The highest BCUT2D eigenvalue weighted by atomic mass is 19.1. The van der Waals surface area contributed by atoms with Gasteiger partial charge in [-0.1, -0.05) is 0 Å². The molecule has 1 heterocycles.